The van der Waals surface area contributed by atoms with Crippen LogP contribution in [0.2, 0.25) is 0 Å². The number of aryl methyl sites for hydroxylation is 1. The molecule has 0 aromatic carbocycles. The zero-order valence-electron chi connectivity index (χ0n) is 14.4. The van der Waals surface area contributed by atoms with Crippen LogP contribution in [0, 0.1) is 11.3 Å². The second kappa shape index (κ2) is 7.90. The molecule has 0 unspecified atom stereocenters. The van der Waals surface area contributed by atoms with Gasteiger partial charge >= 0.3 is 0 Å². The molecule has 9 heteroatoms. The number of hydrogen-bond donors (Lipinski definition) is 1. The summed E-state index contributed by atoms with van der Waals surface area (Å²) in [4.78, 5) is 17.9. The monoisotopic (exact) mass is 396 g/mol. The summed E-state index contributed by atoms with van der Waals surface area (Å²) in [5.74, 6) is 0.715. The summed E-state index contributed by atoms with van der Waals surface area (Å²) in [5.41, 5.74) is 1.75. The lowest BCUT2D eigenvalue weighted by Gasteiger charge is -2.09. The van der Waals surface area contributed by atoms with Gasteiger partial charge in [-0.25, -0.2) is 4.98 Å². The Kier molecular flexibility index (Phi) is 5.18. The first-order chi connectivity index (χ1) is 13.3. The van der Waals surface area contributed by atoms with Crippen molar-refractivity contribution in [1.82, 2.24) is 19.7 Å². The Morgan fingerprint density at radius 1 is 1.37 bits per heavy atom. The number of nitriles is 1. The molecule has 1 N–H and O–H groups in total. The van der Waals surface area contributed by atoms with Gasteiger partial charge in [0.15, 0.2) is 5.16 Å². The number of thiophene rings is 1. The predicted octanol–water partition coefficient (Wildman–Crippen LogP) is 3.21. The highest BCUT2D eigenvalue weighted by Gasteiger charge is 2.22. The Balaban J connectivity index is 1.44. The molecular weight excluding hydrogens is 380 g/mol. The molecule has 27 heavy (non-hydrogen) atoms. The van der Waals surface area contributed by atoms with E-state index in [1.54, 1.807) is 17.1 Å². The van der Waals surface area contributed by atoms with Crippen LogP contribution in [0.1, 0.15) is 28.8 Å². The van der Waals surface area contributed by atoms with Crippen LogP contribution in [0.4, 0.5) is 5.00 Å². The van der Waals surface area contributed by atoms with E-state index in [1.165, 1.54) is 28.0 Å². The van der Waals surface area contributed by atoms with E-state index in [1.807, 2.05) is 18.2 Å². The fourth-order valence-electron chi connectivity index (χ4n) is 3.04. The molecule has 0 fully saturated rings. The first-order valence-corrected chi connectivity index (χ1v) is 10.3. The largest absolute Gasteiger partial charge is 0.316 e. The number of nitrogens with one attached hydrogen (secondary N) is 1. The molecule has 3 aromatic heterocycles. The lowest BCUT2D eigenvalue weighted by atomic mass is 9.96. The van der Waals surface area contributed by atoms with Crippen molar-refractivity contribution in [3.63, 3.8) is 0 Å². The third kappa shape index (κ3) is 3.72. The molecule has 0 radical (unpaired) electrons. The molecule has 1 aliphatic rings. The highest BCUT2D eigenvalue weighted by Crippen LogP contribution is 2.37. The number of rotatable bonds is 5. The molecular formula is C18H16N6OS2. The van der Waals surface area contributed by atoms with E-state index in [0.717, 1.165) is 31.2 Å². The maximum atomic E-state index is 12.4. The van der Waals surface area contributed by atoms with Crippen LogP contribution in [0.15, 0.2) is 35.9 Å². The van der Waals surface area contributed by atoms with Crippen LogP contribution in [-0.2, 0) is 17.6 Å². The number of anilines is 1. The van der Waals surface area contributed by atoms with Gasteiger partial charge in [0.25, 0.3) is 0 Å². The van der Waals surface area contributed by atoms with E-state index in [-0.39, 0.29) is 11.7 Å². The molecule has 0 atom stereocenters. The summed E-state index contributed by atoms with van der Waals surface area (Å²) >= 11 is 2.81. The lowest BCUT2D eigenvalue weighted by Crippen LogP contribution is -2.14. The van der Waals surface area contributed by atoms with E-state index in [0.29, 0.717) is 21.5 Å². The molecule has 0 saturated heterocycles. The van der Waals surface area contributed by atoms with E-state index in [2.05, 4.69) is 26.6 Å². The zero-order chi connectivity index (χ0) is 18.6. The SMILES string of the molecule is N#Cc1c(NC(=O)CSc2nncn2-c2ccccn2)sc2c1CCCC2. The first kappa shape index (κ1) is 17.7. The Morgan fingerprint density at radius 3 is 3.07 bits per heavy atom. The summed E-state index contributed by atoms with van der Waals surface area (Å²) in [6.45, 7) is 0. The molecule has 0 spiro atoms. The number of nitrogens with zero attached hydrogens (tertiary/aromatic N) is 5. The average Bonchev–Trinajstić information content (AvgIpc) is 3.31. The Labute approximate surface area is 164 Å². The Bertz CT molecular complexity index is 1000. The van der Waals surface area contributed by atoms with E-state index >= 15 is 0 Å². The van der Waals surface area contributed by atoms with E-state index < -0.39 is 0 Å². The zero-order valence-corrected chi connectivity index (χ0v) is 16.0. The molecule has 4 rings (SSSR count). The van der Waals surface area contributed by atoms with Gasteiger partial charge in [-0.1, -0.05) is 17.8 Å². The molecule has 0 saturated carbocycles. The van der Waals surface area contributed by atoms with Gasteiger partial charge in [0.1, 0.15) is 23.2 Å². The van der Waals surface area contributed by atoms with Crippen molar-refractivity contribution in [1.29, 1.82) is 5.26 Å². The highest BCUT2D eigenvalue weighted by atomic mass is 32.2. The van der Waals surface area contributed by atoms with Crippen LogP contribution in [0.25, 0.3) is 5.82 Å². The quantitative estimate of drug-likeness (QED) is 0.665. The van der Waals surface area contributed by atoms with Crippen molar-refractivity contribution in [3.8, 4) is 11.9 Å². The van der Waals surface area contributed by atoms with Gasteiger partial charge in [-0.2, -0.15) is 5.26 Å². The van der Waals surface area contributed by atoms with Crippen LogP contribution in [-0.4, -0.2) is 31.4 Å². The standard InChI is InChI=1S/C18H16N6OS2/c19-9-13-12-5-1-2-6-14(12)27-17(13)22-16(25)10-26-18-23-21-11-24(18)15-7-3-4-8-20-15/h3-4,7-8,11H,1-2,5-6,10H2,(H,22,25). The van der Waals surface area contributed by atoms with Crippen LogP contribution < -0.4 is 5.32 Å². The second-order valence-electron chi connectivity index (χ2n) is 6.04. The number of fused-ring (bicyclic) bond motifs is 1. The van der Waals surface area contributed by atoms with Crippen LogP contribution in [0.3, 0.4) is 0 Å². The van der Waals surface area contributed by atoms with Gasteiger partial charge < -0.3 is 5.32 Å². The molecule has 3 aromatic rings. The van der Waals surface area contributed by atoms with Gasteiger partial charge in [-0.3, -0.25) is 9.36 Å². The molecule has 0 aliphatic heterocycles. The van der Waals surface area contributed by atoms with Crippen molar-refractivity contribution in [2.24, 2.45) is 0 Å². The number of thioether (sulfide) groups is 1. The van der Waals surface area contributed by atoms with E-state index in [9.17, 15) is 10.1 Å². The van der Waals surface area contributed by atoms with Gasteiger partial charge in [0, 0.05) is 11.1 Å². The van der Waals surface area contributed by atoms with Crippen molar-refractivity contribution < 1.29 is 4.79 Å². The minimum Gasteiger partial charge on any atom is -0.316 e. The van der Waals surface area contributed by atoms with Crippen LogP contribution >= 0.6 is 23.1 Å². The van der Waals surface area contributed by atoms with Crippen molar-refractivity contribution in [3.05, 3.63) is 46.7 Å². The van der Waals surface area contributed by atoms with Crippen molar-refractivity contribution >= 4 is 34.0 Å². The number of amides is 1. The molecule has 136 valence electrons. The number of hydrogen-bond acceptors (Lipinski definition) is 7. The van der Waals surface area contributed by atoms with Crippen molar-refractivity contribution in [2.75, 3.05) is 11.1 Å². The van der Waals surface area contributed by atoms with Crippen LogP contribution in [0.5, 0.6) is 0 Å². The maximum Gasteiger partial charge on any atom is 0.235 e. The Morgan fingerprint density at radius 2 is 2.26 bits per heavy atom. The van der Waals surface area contributed by atoms with Crippen molar-refractivity contribution in [2.45, 2.75) is 30.8 Å². The maximum absolute atomic E-state index is 12.4. The average molecular weight is 397 g/mol. The summed E-state index contributed by atoms with van der Waals surface area (Å²) < 4.78 is 1.74. The molecule has 1 amide bonds. The summed E-state index contributed by atoms with van der Waals surface area (Å²) in [7, 11) is 0. The van der Waals surface area contributed by atoms with E-state index in [4.69, 9.17) is 0 Å². The highest BCUT2D eigenvalue weighted by molar-refractivity contribution is 7.99. The second-order valence-corrected chi connectivity index (χ2v) is 8.08. The molecule has 0 bridgehead atoms. The summed E-state index contributed by atoms with van der Waals surface area (Å²) in [6.07, 6.45) is 7.43. The lowest BCUT2D eigenvalue weighted by molar-refractivity contribution is -0.113. The predicted molar refractivity (Wildman–Crippen MR) is 104 cm³/mol. The number of carbonyl (C=O) groups is 1. The fourth-order valence-corrected chi connectivity index (χ4v) is 5.01. The van der Waals surface area contributed by atoms with Gasteiger partial charge in [-0.05, 0) is 43.4 Å². The molecule has 1 aliphatic carbocycles. The Hall–Kier alpha value is -2.70. The third-order valence-corrected chi connectivity index (χ3v) is 6.43. The number of aromatic nitrogens is 4. The summed E-state index contributed by atoms with van der Waals surface area (Å²) in [5, 5.41) is 21.6. The molecule has 3 heterocycles. The first-order valence-electron chi connectivity index (χ1n) is 8.55. The third-order valence-electron chi connectivity index (χ3n) is 4.28. The number of pyridine rings is 1. The fraction of sp³-hybridized carbons (Fsp3) is 0.278. The van der Waals surface area contributed by atoms with Gasteiger partial charge in [0.2, 0.25) is 5.91 Å². The van der Waals surface area contributed by atoms with Gasteiger partial charge in [0.05, 0.1) is 11.3 Å². The topological polar surface area (TPSA) is 96.5 Å². The minimum atomic E-state index is -0.161. The number of carbonyl (C=O) groups excluding carboxylic acids is 1. The summed E-state index contributed by atoms with van der Waals surface area (Å²) in [6, 6.07) is 7.83. The smallest absolute Gasteiger partial charge is 0.235 e. The minimum absolute atomic E-state index is 0.161. The normalized spacial score (nSPS) is 13.0. The molecule has 7 nitrogen and oxygen atoms in total. The van der Waals surface area contributed by atoms with Gasteiger partial charge in [-0.15, -0.1) is 21.5 Å².